The van der Waals surface area contributed by atoms with Crippen LogP contribution in [0.1, 0.15) is 22.3 Å². The minimum absolute atomic E-state index is 0.287. The Labute approximate surface area is 108 Å². The van der Waals surface area contributed by atoms with E-state index in [0.717, 1.165) is 17.7 Å². The maximum absolute atomic E-state index is 10.7. The molecule has 4 heteroatoms. The second-order valence-corrected chi connectivity index (χ2v) is 4.51. The number of aryl methyl sites for hydroxylation is 1. The molecule has 94 valence electrons. The predicted octanol–water partition coefficient (Wildman–Crippen LogP) is 2.80. The third kappa shape index (κ3) is 3.40. The lowest BCUT2D eigenvalue weighted by Crippen LogP contribution is -2.20. The first-order valence-electron chi connectivity index (χ1n) is 5.57. The summed E-state index contributed by atoms with van der Waals surface area (Å²) in [6.45, 7) is 6.81. The van der Waals surface area contributed by atoms with Crippen LogP contribution in [0.3, 0.4) is 0 Å². The Balaban J connectivity index is 2.92. The number of benzene rings is 1. The number of methoxy groups -OCH3 is 1. The lowest BCUT2D eigenvalue weighted by Gasteiger charge is -2.16. The van der Waals surface area contributed by atoms with Gasteiger partial charge in [-0.3, -0.25) is 4.79 Å². The second-order valence-electron chi connectivity index (χ2n) is 4.11. The lowest BCUT2D eigenvalue weighted by atomic mass is 9.95. The fourth-order valence-corrected chi connectivity index (χ4v) is 2.10. The minimum atomic E-state index is -0.287. The van der Waals surface area contributed by atoms with Gasteiger partial charge in [-0.2, -0.15) is 0 Å². The fourth-order valence-electron chi connectivity index (χ4n) is 1.99. The molecule has 0 spiro atoms. The molecule has 1 amide bonds. The number of carbonyl (C=O) groups is 1. The average molecular weight is 253 g/mol. The van der Waals surface area contributed by atoms with Crippen molar-refractivity contribution in [2.75, 3.05) is 13.7 Å². The van der Waals surface area contributed by atoms with Gasteiger partial charge in [0.1, 0.15) is 5.75 Å². The molecule has 0 aliphatic carbocycles. The Bertz CT molecular complexity index is 430. The molecule has 3 nitrogen and oxygen atoms in total. The van der Waals surface area contributed by atoms with Crippen LogP contribution < -0.4 is 10.1 Å². The molecule has 0 saturated carbocycles. The van der Waals surface area contributed by atoms with E-state index in [-0.39, 0.29) is 5.24 Å². The standard InChI is InChI=1S/C13H19NO2S/c1-8-7-12(16-4)10(3)9(2)11(8)5-6-14-13(15)17/h7H,5-6H2,1-4H3,(H2,14,15,17). The van der Waals surface area contributed by atoms with Gasteiger partial charge in [0.2, 0.25) is 0 Å². The number of amides is 1. The predicted molar refractivity (Wildman–Crippen MR) is 73.3 cm³/mol. The van der Waals surface area contributed by atoms with E-state index >= 15 is 0 Å². The number of thiol groups is 1. The van der Waals surface area contributed by atoms with Crippen molar-refractivity contribution in [1.29, 1.82) is 0 Å². The summed E-state index contributed by atoms with van der Waals surface area (Å²) in [6.07, 6.45) is 0.814. The maximum Gasteiger partial charge on any atom is 0.275 e. The van der Waals surface area contributed by atoms with Crippen LogP contribution in [-0.4, -0.2) is 18.9 Å². The van der Waals surface area contributed by atoms with E-state index in [0.29, 0.717) is 6.54 Å². The monoisotopic (exact) mass is 253 g/mol. The van der Waals surface area contributed by atoms with Crippen molar-refractivity contribution < 1.29 is 9.53 Å². The summed E-state index contributed by atoms with van der Waals surface area (Å²) in [5, 5.41) is 2.40. The minimum Gasteiger partial charge on any atom is -0.496 e. The smallest absolute Gasteiger partial charge is 0.275 e. The van der Waals surface area contributed by atoms with Crippen molar-refractivity contribution in [2.45, 2.75) is 27.2 Å². The van der Waals surface area contributed by atoms with Gasteiger partial charge in [0.05, 0.1) is 7.11 Å². The third-order valence-electron chi connectivity index (χ3n) is 3.08. The number of ether oxygens (including phenoxy) is 1. The van der Waals surface area contributed by atoms with Gasteiger partial charge in [-0.05, 0) is 55.5 Å². The van der Waals surface area contributed by atoms with Crippen LogP contribution >= 0.6 is 12.6 Å². The number of nitrogens with one attached hydrogen (secondary N) is 1. The van der Waals surface area contributed by atoms with Crippen LogP contribution in [0, 0.1) is 20.8 Å². The molecule has 1 aromatic carbocycles. The Hall–Kier alpha value is -1.16. The molecule has 17 heavy (non-hydrogen) atoms. The van der Waals surface area contributed by atoms with Gasteiger partial charge < -0.3 is 10.1 Å². The summed E-state index contributed by atoms with van der Waals surface area (Å²) in [5.41, 5.74) is 4.85. The number of hydrogen-bond acceptors (Lipinski definition) is 2. The summed E-state index contributed by atoms with van der Waals surface area (Å²) in [6, 6.07) is 2.04. The van der Waals surface area contributed by atoms with Crippen LogP contribution in [0.5, 0.6) is 5.75 Å². The second kappa shape index (κ2) is 5.96. The van der Waals surface area contributed by atoms with Crippen molar-refractivity contribution in [3.8, 4) is 5.75 Å². The fraction of sp³-hybridized carbons (Fsp3) is 0.462. The van der Waals surface area contributed by atoms with Gasteiger partial charge in [0.25, 0.3) is 5.24 Å². The Morgan fingerprint density at radius 3 is 2.53 bits per heavy atom. The van der Waals surface area contributed by atoms with Crippen LogP contribution in [0.25, 0.3) is 0 Å². The highest BCUT2D eigenvalue weighted by Crippen LogP contribution is 2.27. The van der Waals surface area contributed by atoms with E-state index in [9.17, 15) is 4.79 Å². The van der Waals surface area contributed by atoms with Gasteiger partial charge in [0, 0.05) is 6.54 Å². The van der Waals surface area contributed by atoms with E-state index in [4.69, 9.17) is 4.74 Å². The zero-order valence-corrected chi connectivity index (χ0v) is 11.6. The normalized spacial score (nSPS) is 10.2. The van der Waals surface area contributed by atoms with E-state index < -0.39 is 0 Å². The van der Waals surface area contributed by atoms with Crippen molar-refractivity contribution in [1.82, 2.24) is 5.32 Å². The molecular weight excluding hydrogens is 234 g/mol. The van der Waals surface area contributed by atoms with E-state index in [1.807, 2.05) is 13.0 Å². The molecule has 0 heterocycles. The third-order valence-corrected chi connectivity index (χ3v) is 3.24. The van der Waals surface area contributed by atoms with Gasteiger partial charge in [-0.1, -0.05) is 12.6 Å². The van der Waals surface area contributed by atoms with Crippen LogP contribution in [0.2, 0.25) is 0 Å². The maximum atomic E-state index is 10.7. The van der Waals surface area contributed by atoms with Crippen molar-refractivity contribution in [2.24, 2.45) is 0 Å². The van der Waals surface area contributed by atoms with Crippen LogP contribution in [-0.2, 0) is 6.42 Å². The molecule has 0 aromatic heterocycles. The Morgan fingerprint density at radius 1 is 1.35 bits per heavy atom. The molecule has 1 aromatic rings. The summed E-state index contributed by atoms with van der Waals surface area (Å²) in [4.78, 5) is 10.7. The Kier molecular flexibility index (Phi) is 4.87. The van der Waals surface area contributed by atoms with E-state index in [1.54, 1.807) is 7.11 Å². The first kappa shape index (κ1) is 13.9. The summed E-state index contributed by atoms with van der Waals surface area (Å²) < 4.78 is 5.32. The number of rotatable bonds is 4. The van der Waals surface area contributed by atoms with Crippen LogP contribution in [0.15, 0.2) is 6.07 Å². The molecule has 0 atom stereocenters. The van der Waals surface area contributed by atoms with Crippen molar-refractivity contribution >= 4 is 17.9 Å². The average Bonchev–Trinajstić information content (AvgIpc) is 2.27. The molecule has 1 N–H and O–H groups in total. The van der Waals surface area contributed by atoms with Gasteiger partial charge in [-0.15, -0.1) is 0 Å². The van der Waals surface area contributed by atoms with Crippen molar-refractivity contribution in [3.05, 3.63) is 28.3 Å². The molecule has 0 unspecified atom stereocenters. The highest BCUT2D eigenvalue weighted by Gasteiger charge is 2.10. The molecule has 0 aliphatic heterocycles. The molecule has 0 saturated heterocycles. The van der Waals surface area contributed by atoms with Crippen molar-refractivity contribution in [3.63, 3.8) is 0 Å². The largest absolute Gasteiger partial charge is 0.496 e. The lowest BCUT2D eigenvalue weighted by molar-refractivity contribution is 0.261. The SMILES string of the molecule is COc1cc(C)c(CCNC(=O)S)c(C)c1C. The quantitative estimate of drug-likeness (QED) is 0.810. The zero-order chi connectivity index (χ0) is 13.0. The molecular formula is C13H19NO2S. The van der Waals surface area contributed by atoms with Gasteiger partial charge in [0.15, 0.2) is 0 Å². The summed E-state index contributed by atoms with van der Waals surface area (Å²) in [7, 11) is 1.68. The Morgan fingerprint density at radius 2 is 2.00 bits per heavy atom. The van der Waals surface area contributed by atoms with E-state index in [1.165, 1.54) is 16.7 Å². The zero-order valence-electron chi connectivity index (χ0n) is 10.8. The first-order valence-corrected chi connectivity index (χ1v) is 6.02. The molecule has 1 rings (SSSR count). The molecule has 0 aliphatic rings. The molecule has 0 fully saturated rings. The van der Waals surface area contributed by atoms with E-state index in [2.05, 4.69) is 31.8 Å². The van der Waals surface area contributed by atoms with Gasteiger partial charge in [-0.25, -0.2) is 0 Å². The molecule has 0 radical (unpaired) electrons. The number of carbonyl (C=O) groups excluding carboxylic acids is 1. The highest BCUT2D eigenvalue weighted by molar-refractivity contribution is 7.96. The highest BCUT2D eigenvalue weighted by atomic mass is 32.1. The van der Waals surface area contributed by atoms with Gasteiger partial charge >= 0.3 is 0 Å². The topological polar surface area (TPSA) is 38.3 Å². The number of hydrogen-bond donors (Lipinski definition) is 2. The van der Waals surface area contributed by atoms with Crippen LogP contribution in [0.4, 0.5) is 4.79 Å². The summed E-state index contributed by atoms with van der Waals surface area (Å²) >= 11 is 3.68. The summed E-state index contributed by atoms with van der Waals surface area (Å²) in [5.74, 6) is 0.919. The molecule has 0 bridgehead atoms. The first-order chi connectivity index (χ1) is 7.97.